The Morgan fingerprint density at radius 2 is 0.767 bits per heavy atom. The molecule has 0 heterocycles. The van der Waals surface area contributed by atoms with E-state index in [2.05, 4.69) is 26.3 Å². The van der Waals surface area contributed by atoms with Crippen LogP contribution in [-0.2, 0) is 19.2 Å². The van der Waals surface area contributed by atoms with E-state index in [0.29, 0.717) is 62.5 Å². The van der Waals surface area contributed by atoms with Crippen LogP contribution in [0.25, 0.3) is 0 Å². The van der Waals surface area contributed by atoms with Gasteiger partial charge in [0.25, 0.3) is 0 Å². The van der Waals surface area contributed by atoms with Gasteiger partial charge in [0.1, 0.15) is 0 Å². The SMILES string of the molecule is C=C(C)C(=O)N(CCC)CCN(CCO)C(=O)C(=C)C.C=C(C)C(=O)N(CCC)CCO.C=CC(=O)N(CCC)CCO. The van der Waals surface area contributed by atoms with Gasteiger partial charge in [-0.15, -0.1) is 0 Å². The van der Waals surface area contributed by atoms with Crippen molar-refractivity contribution in [2.75, 3.05) is 72.2 Å². The highest BCUT2D eigenvalue weighted by Gasteiger charge is 2.18. The summed E-state index contributed by atoms with van der Waals surface area (Å²) in [6, 6.07) is 0. The standard InChI is InChI=1S/C15H26N2O3.C9H17NO2.C8H15NO2/c1-6-7-16(14(19)12(2)3)8-9-17(10-11-18)15(20)13(4)5;1-4-5-10(6-7-11)9(12)8(2)3;1-3-5-9(6-7-10)8(11)4-2/h18H,2,4,6-11H2,1,3,5H3;11H,2,4-7H2,1,3H3;4,10H,2-3,5-7H2,1H3. The molecule has 0 saturated carbocycles. The molecule has 0 radical (unpaired) electrons. The molecule has 3 N–H and O–H groups in total. The van der Waals surface area contributed by atoms with Crippen molar-refractivity contribution < 1.29 is 34.5 Å². The Bertz CT molecular complexity index is 841. The minimum atomic E-state index is -0.196. The summed E-state index contributed by atoms with van der Waals surface area (Å²) >= 11 is 0. The zero-order valence-electron chi connectivity index (χ0n) is 27.6. The van der Waals surface area contributed by atoms with E-state index in [1.807, 2.05) is 20.8 Å². The Labute approximate surface area is 259 Å². The maximum atomic E-state index is 12.0. The zero-order chi connectivity index (χ0) is 34.0. The first kappa shape index (κ1) is 44.2. The van der Waals surface area contributed by atoms with Gasteiger partial charge in [0, 0.05) is 69.1 Å². The van der Waals surface area contributed by atoms with Crippen molar-refractivity contribution in [1.82, 2.24) is 19.6 Å². The summed E-state index contributed by atoms with van der Waals surface area (Å²) in [6.45, 7) is 29.0. The average molecular weight is 611 g/mol. The van der Waals surface area contributed by atoms with Gasteiger partial charge in [-0.3, -0.25) is 19.2 Å². The van der Waals surface area contributed by atoms with Gasteiger partial charge in [-0.1, -0.05) is 47.1 Å². The van der Waals surface area contributed by atoms with E-state index >= 15 is 0 Å². The number of carbonyl (C=O) groups is 4. The number of hydrogen-bond acceptors (Lipinski definition) is 7. The van der Waals surface area contributed by atoms with E-state index in [-0.39, 0.29) is 50.0 Å². The molecule has 0 aliphatic carbocycles. The topological polar surface area (TPSA) is 142 Å². The Hall–Kier alpha value is -3.28. The second kappa shape index (κ2) is 27.5. The van der Waals surface area contributed by atoms with Crippen LogP contribution in [0.15, 0.2) is 49.1 Å². The molecule has 43 heavy (non-hydrogen) atoms. The second-order valence-corrected chi connectivity index (χ2v) is 9.92. The number of amides is 4. The predicted octanol–water partition coefficient (Wildman–Crippen LogP) is 2.39. The molecule has 0 rings (SSSR count). The van der Waals surface area contributed by atoms with Crippen molar-refractivity contribution in [3.8, 4) is 0 Å². The predicted molar refractivity (Wildman–Crippen MR) is 173 cm³/mol. The van der Waals surface area contributed by atoms with Crippen LogP contribution in [0.5, 0.6) is 0 Å². The number of rotatable bonds is 19. The number of aliphatic hydroxyl groups is 3. The van der Waals surface area contributed by atoms with E-state index in [9.17, 15) is 19.2 Å². The van der Waals surface area contributed by atoms with Gasteiger partial charge < -0.3 is 34.9 Å². The van der Waals surface area contributed by atoms with Crippen LogP contribution in [0, 0.1) is 0 Å². The third-order valence-electron chi connectivity index (χ3n) is 5.67. The molecule has 11 nitrogen and oxygen atoms in total. The number of carbonyl (C=O) groups excluding carboxylic acids is 4. The van der Waals surface area contributed by atoms with E-state index in [1.54, 1.807) is 35.5 Å². The first-order valence-electron chi connectivity index (χ1n) is 14.8. The lowest BCUT2D eigenvalue weighted by Gasteiger charge is -2.27. The van der Waals surface area contributed by atoms with Gasteiger partial charge in [0.05, 0.1) is 19.8 Å². The maximum absolute atomic E-state index is 12.0. The van der Waals surface area contributed by atoms with Crippen LogP contribution in [0.2, 0.25) is 0 Å². The smallest absolute Gasteiger partial charge is 0.249 e. The van der Waals surface area contributed by atoms with Crippen molar-refractivity contribution in [3.63, 3.8) is 0 Å². The Balaban J connectivity index is -0.000000597. The van der Waals surface area contributed by atoms with E-state index < -0.39 is 0 Å². The molecular weight excluding hydrogens is 552 g/mol. The number of aliphatic hydroxyl groups excluding tert-OH is 3. The van der Waals surface area contributed by atoms with Crippen molar-refractivity contribution in [3.05, 3.63) is 49.1 Å². The highest BCUT2D eigenvalue weighted by Crippen LogP contribution is 2.04. The fourth-order valence-corrected chi connectivity index (χ4v) is 3.63. The Morgan fingerprint density at radius 1 is 0.512 bits per heavy atom. The lowest BCUT2D eigenvalue weighted by atomic mass is 10.2. The van der Waals surface area contributed by atoms with Crippen molar-refractivity contribution in [2.45, 2.75) is 60.8 Å². The molecule has 11 heteroatoms. The highest BCUT2D eigenvalue weighted by molar-refractivity contribution is 5.93. The second-order valence-electron chi connectivity index (χ2n) is 9.92. The van der Waals surface area contributed by atoms with Gasteiger partial charge in [-0.2, -0.15) is 0 Å². The third-order valence-corrected chi connectivity index (χ3v) is 5.67. The van der Waals surface area contributed by atoms with Gasteiger partial charge in [-0.25, -0.2) is 0 Å². The summed E-state index contributed by atoms with van der Waals surface area (Å²) in [7, 11) is 0. The monoisotopic (exact) mass is 610 g/mol. The molecule has 0 spiro atoms. The van der Waals surface area contributed by atoms with Gasteiger partial charge >= 0.3 is 0 Å². The van der Waals surface area contributed by atoms with Crippen LogP contribution >= 0.6 is 0 Å². The maximum Gasteiger partial charge on any atom is 0.249 e. The van der Waals surface area contributed by atoms with Gasteiger partial charge in [0.15, 0.2) is 0 Å². The molecule has 4 amide bonds. The highest BCUT2D eigenvalue weighted by atomic mass is 16.3. The fraction of sp³-hybridized carbons (Fsp3) is 0.625. The van der Waals surface area contributed by atoms with Crippen molar-refractivity contribution >= 4 is 23.6 Å². The van der Waals surface area contributed by atoms with E-state index in [1.165, 1.54) is 11.0 Å². The molecule has 0 bridgehead atoms. The third kappa shape index (κ3) is 21.1. The van der Waals surface area contributed by atoms with Crippen LogP contribution in [0.1, 0.15) is 60.8 Å². The van der Waals surface area contributed by atoms with Crippen LogP contribution in [0.3, 0.4) is 0 Å². The largest absolute Gasteiger partial charge is 0.395 e. The van der Waals surface area contributed by atoms with Crippen molar-refractivity contribution in [2.24, 2.45) is 0 Å². The minimum absolute atomic E-state index is 0.0129. The summed E-state index contributed by atoms with van der Waals surface area (Å²) in [5, 5.41) is 26.3. The molecule has 0 atom stereocenters. The lowest BCUT2D eigenvalue weighted by molar-refractivity contribution is -0.131. The quantitative estimate of drug-likeness (QED) is 0.191. The summed E-state index contributed by atoms with van der Waals surface area (Å²) in [6.07, 6.45) is 3.91. The Morgan fingerprint density at radius 3 is 1.02 bits per heavy atom. The lowest BCUT2D eigenvalue weighted by Crippen LogP contribution is -2.42. The fourth-order valence-electron chi connectivity index (χ4n) is 3.63. The molecule has 0 aromatic rings. The minimum Gasteiger partial charge on any atom is -0.395 e. The first-order valence-corrected chi connectivity index (χ1v) is 14.8. The number of hydrogen-bond donors (Lipinski definition) is 3. The zero-order valence-corrected chi connectivity index (χ0v) is 27.6. The van der Waals surface area contributed by atoms with E-state index in [4.69, 9.17) is 15.3 Å². The molecule has 0 unspecified atom stereocenters. The molecule has 0 fully saturated rings. The van der Waals surface area contributed by atoms with Crippen LogP contribution in [0.4, 0.5) is 0 Å². The first-order chi connectivity index (χ1) is 20.2. The van der Waals surface area contributed by atoms with E-state index in [0.717, 1.165) is 19.3 Å². The number of nitrogens with zero attached hydrogens (tertiary/aromatic N) is 4. The summed E-state index contributed by atoms with van der Waals surface area (Å²) in [5.41, 5.74) is 1.43. The van der Waals surface area contributed by atoms with Crippen molar-refractivity contribution in [1.29, 1.82) is 0 Å². The van der Waals surface area contributed by atoms with Crippen LogP contribution < -0.4 is 0 Å². The molecule has 0 aromatic carbocycles. The van der Waals surface area contributed by atoms with Crippen LogP contribution in [-0.4, -0.2) is 131 Å². The molecular formula is C32H58N4O7. The average Bonchev–Trinajstić information content (AvgIpc) is 2.97. The summed E-state index contributed by atoms with van der Waals surface area (Å²) in [5.74, 6) is -0.469. The molecule has 0 aromatic heterocycles. The molecule has 0 aliphatic rings. The molecule has 248 valence electrons. The summed E-state index contributed by atoms with van der Waals surface area (Å²) in [4.78, 5) is 52.6. The van der Waals surface area contributed by atoms with Gasteiger partial charge in [0.2, 0.25) is 23.6 Å². The van der Waals surface area contributed by atoms with Gasteiger partial charge in [-0.05, 0) is 46.1 Å². The summed E-state index contributed by atoms with van der Waals surface area (Å²) < 4.78 is 0. The molecule has 0 saturated heterocycles. The Kier molecular flexibility index (Phi) is 28.3. The normalized spacial score (nSPS) is 9.70. The molecule has 0 aliphatic heterocycles.